The first-order valence-electron chi connectivity index (χ1n) is 8.85. The lowest BCUT2D eigenvalue weighted by atomic mass is 10.00. The van der Waals surface area contributed by atoms with E-state index in [1.807, 2.05) is 0 Å². The van der Waals surface area contributed by atoms with Gasteiger partial charge in [0.05, 0.1) is 5.52 Å². The topological polar surface area (TPSA) is 46.3 Å². The number of halogens is 1. The van der Waals surface area contributed by atoms with Gasteiger partial charge in [-0.15, -0.1) is 5.10 Å². The maximum Gasteiger partial charge on any atom is 0.166 e. The third-order valence-corrected chi connectivity index (χ3v) is 5.04. The number of nitrogens with zero attached hydrogens (tertiary/aromatic N) is 5. The van der Waals surface area contributed by atoms with Crippen molar-refractivity contribution in [3.05, 3.63) is 71.6 Å². The summed E-state index contributed by atoms with van der Waals surface area (Å²) in [6.45, 7) is 2.96. The standard InChI is InChI=1S/C20H18FN5/c21-16-5-6-17-18(11-16)22-13-26-20(17)23-19(24-26)8-10-25-9-7-14-3-1-2-4-15(14)12-25/h1-6,11,13H,7-10,12H2. The van der Waals surface area contributed by atoms with Crippen LogP contribution < -0.4 is 0 Å². The van der Waals surface area contributed by atoms with E-state index in [1.54, 1.807) is 16.9 Å². The maximum atomic E-state index is 13.4. The van der Waals surface area contributed by atoms with Crippen LogP contribution in [0.5, 0.6) is 0 Å². The summed E-state index contributed by atoms with van der Waals surface area (Å²) in [6, 6.07) is 13.2. The van der Waals surface area contributed by atoms with Crippen molar-refractivity contribution in [3.8, 4) is 0 Å². The molecule has 0 fully saturated rings. The molecule has 2 aromatic carbocycles. The Morgan fingerprint density at radius 1 is 1.08 bits per heavy atom. The summed E-state index contributed by atoms with van der Waals surface area (Å²) in [4.78, 5) is 11.4. The summed E-state index contributed by atoms with van der Waals surface area (Å²) >= 11 is 0. The van der Waals surface area contributed by atoms with E-state index in [0.717, 1.165) is 49.3 Å². The molecule has 130 valence electrons. The average molecular weight is 347 g/mol. The van der Waals surface area contributed by atoms with Gasteiger partial charge in [0.2, 0.25) is 0 Å². The van der Waals surface area contributed by atoms with E-state index in [-0.39, 0.29) is 5.82 Å². The molecule has 0 spiro atoms. The van der Waals surface area contributed by atoms with Gasteiger partial charge >= 0.3 is 0 Å². The number of rotatable bonds is 3. The number of hydrogen-bond acceptors (Lipinski definition) is 4. The minimum Gasteiger partial charge on any atom is -0.298 e. The molecule has 1 aliphatic heterocycles. The van der Waals surface area contributed by atoms with E-state index >= 15 is 0 Å². The molecule has 0 amide bonds. The van der Waals surface area contributed by atoms with Gasteiger partial charge in [0.15, 0.2) is 11.5 Å². The molecule has 0 aliphatic carbocycles. The molecule has 0 radical (unpaired) electrons. The quantitative estimate of drug-likeness (QED) is 0.572. The van der Waals surface area contributed by atoms with Crippen molar-refractivity contribution >= 4 is 16.6 Å². The number of benzene rings is 2. The van der Waals surface area contributed by atoms with Crippen LogP contribution in [0.25, 0.3) is 16.6 Å². The Hall–Kier alpha value is -2.86. The highest BCUT2D eigenvalue weighted by molar-refractivity contribution is 5.90. The Balaban J connectivity index is 1.36. The van der Waals surface area contributed by atoms with Gasteiger partial charge in [-0.2, -0.15) is 0 Å². The molecule has 26 heavy (non-hydrogen) atoms. The summed E-state index contributed by atoms with van der Waals surface area (Å²) < 4.78 is 15.1. The predicted molar refractivity (Wildman–Crippen MR) is 97.4 cm³/mol. The summed E-state index contributed by atoms with van der Waals surface area (Å²) in [5.74, 6) is 0.502. The molecular weight excluding hydrogens is 329 g/mol. The average Bonchev–Trinajstić information content (AvgIpc) is 3.09. The van der Waals surface area contributed by atoms with Gasteiger partial charge in [0, 0.05) is 37.5 Å². The maximum absolute atomic E-state index is 13.4. The summed E-state index contributed by atoms with van der Waals surface area (Å²) in [5.41, 5.74) is 4.20. The number of aromatic nitrogens is 4. The highest BCUT2D eigenvalue weighted by atomic mass is 19.1. The normalized spacial score (nSPS) is 14.8. The Morgan fingerprint density at radius 2 is 1.96 bits per heavy atom. The number of hydrogen-bond donors (Lipinski definition) is 0. The second-order valence-corrected chi connectivity index (χ2v) is 6.75. The lowest BCUT2D eigenvalue weighted by Crippen LogP contribution is -2.32. The molecule has 5 rings (SSSR count). The third kappa shape index (κ3) is 2.72. The number of fused-ring (bicyclic) bond motifs is 4. The summed E-state index contributed by atoms with van der Waals surface area (Å²) in [7, 11) is 0. The predicted octanol–water partition coefficient (Wildman–Crippen LogP) is 3.02. The van der Waals surface area contributed by atoms with Crippen LogP contribution in [0.15, 0.2) is 48.8 Å². The van der Waals surface area contributed by atoms with Crippen LogP contribution in [0.3, 0.4) is 0 Å². The van der Waals surface area contributed by atoms with E-state index in [2.05, 4.69) is 44.2 Å². The van der Waals surface area contributed by atoms with Crippen molar-refractivity contribution in [2.75, 3.05) is 13.1 Å². The van der Waals surface area contributed by atoms with Crippen LogP contribution in [0, 0.1) is 5.82 Å². The van der Waals surface area contributed by atoms with Gasteiger partial charge in [-0.05, 0) is 29.7 Å². The Labute approximate surface area is 150 Å². The van der Waals surface area contributed by atoms with Crippen molar-refractivity contribution < 1.29 is 4.39 Å². The lowest BCUT2D eigenvalue weighted by molar-refractivity contribution is 0.256. The second kappa shape index (κ2) is 6.14. The SMILES string of the molecule is Fc1ccc2c(c1)ncn1nc(CCN3CCc4ccccc4C3)nc21. The molecule has 0 atom stereocenters. The lowest BCUT2D eigenvalue weighted by Gasteiger charge is -2.28. The molecule has 4 aromatic rings. The van der Waals surface area contributed by atoms with E-state index in [4.69, 9.17) is 0 Å². The molecule has 0 unspecified atom stereocenters. The molecule has 0 saturated carbocycles. The van der Waals surface area contributed by atoms with E-state index in [9.17, 15) is 4.39 Å². The fourth-order valence-corrected chi connectivity index (χ4v) is 3.66. The fraction of sp³-hybridized carbons (Fsp3) is 0.250. The van der Waals surface area contributed by atoms with Gasteiger partial charge in [-0.1, -0.05) is 24.3 Å². The Bertz CT molecular complexity index is 1100. The van der Waals surface area contributed by atoms with Crippen molar-refractivity contribution in [1.82, 2.24) is 24.5 Å². The molecule has 2 aromatic heterocycles. The van der Waals surface area contributed by atoms with Crippen molar-refractivity contribution in [3.63, 3.8) is 0 Å². The molecule has 1 aliphatic rings. The van der Waals surface area contributed by atoms with Gasteiger partial charge in [0.1, 0.15) is 12.1 Å². The molecule has 6 heteroatoms. The van der Waals surface area contributed by atoms with Gasteiger partial charge in [0.25, 0.3) is 0 Å². The van der Waals surface area contributed by atoms with Gasteiger partial charge < -0.3 is 0 Å². The van der Waals surface area contributed by atoms with E-state index in [0.29, 0.717) is 5.52 Å². The Kier molecular flexibility index (Phi) is 3.64. The minimum atomic E-state index is -0.292. The zero-order valence-electron chi connectivity index (χ0n) is 14.3. The van der Waals surface area contributed by atoms with Crippen LogP contribution in [-0.2, 0) is 19.4 Å². The van der Waals surface area contributed by atoms with Crippen LogP contribution in [0.4, 0.5) is 4.39 Å². The molecule has 3 heterocycles. The first-order chi connectivity index (χ1) is 12.8. The zero-order chi connectivity index (χ0) is 17.5. The van der Waals surface area contributed by atoms with Gasteiger partial charge in [-0.25, -0.2) is 18.9 Å². The van der Waals surface area contributed by atoms with Crippen LogP contribution in [0.2, 0.25) is 0 Å². The summed E-state index contributed by atoms with van der Waals surface area (Å²) in [6.07, 6.45) is 3.48. The monoisotopic (exact) mass is 347 g/mol. The summed E-state index contributed by atoms with van der Waals surface area (Å²) in [5, 5.41) is 5.36. The molecule has 0 saturated heterocycles. The van der Waals surface area contributed by atoms with Gasteiger partial charge in [-0.3, -0.25) is 4.90 Å². The third-order valence-electron chi connectivity index (χ3n) is 5.04. The van der Waals surface area contributed by atoms with Crippen LogP contribution in [-0.4, -0.2) is 37.6 Å². The molecular formula is C20H18FN5. The zero-order valence-corrected chi connectivity index (χ0v) is 14.3. The first kappa shape index (κ1) is 15.4. The highest BCUT2D eigenvalue weighted by Gasteiger charge is 2.16. The largest absolute Gasteiger partial charge is 0.298 e. The molecule has 5 nitrogen and oxygen atoms in total. The van der Waals surface area contributed by atoms with E-state index in [1.165, 1.54) is 23.3 Å². The van der Waals surface area contributed by atoms with Crippen molar-refractivity contribution in [2.45, 2.75) is 19.4 Å². The minimum absolute atomic E-state index is 0.292. The Morgan fingerprint density at radius 3 is 2.88 bits per heavy atom. The van der Waals surface area contributed by atoms with Crippen LogP contribution >= 0.6 is 0 Å². The fourth-order valence-electron chi connectivity index (χ4n) is 3.66. The van der Waals surface area contributed by atoms with E-state index < -0.39 is 0 Å². The smallest absolute Gasteiger partial charge is 0.166 e. The van der Waals surface area contributed by atoms with Crippen LogP contribution in [0.1, 0.15) is 17.0 Å². The van der Waals surface area contributed by atoms with Crippen molar-refractivity contribution in [1.29, 1.82) is 0 Å². The molecule has 0 bridgehead atoms. The first-order valence-corrected chi connectivity index (χ1v) is 8.85. The molecule has 0 N–H and O–H groups in total. The highest BCUT2D eigenvalue weighted by Crippen LogP contribution is 2.20. The second-order valence-electron chi connectivity index (χ2n) is 6.75. The van der Waals surface area contributed by atoms with Crippen molar-refractivity contribution in [2.24, 2.45) is 0 Å².